The molecule has 0 spiro atoms. The van der Waals surface area contributed by atoms with Crippen molar-refractivity contribution in [1.29, 1.82) is 0 Å². The van der Waals surface area contributed by atoms with Gasteiger partial charge >= 0.3 is 5.97 Å². The number of hydrogen-bond acceptors (Lipinski definition) is 2. The standard InChI is InChI=1S/C13H15ClO3/c1-8-6-9(11(14)10(7-8)17-2)13(12(15)16)4-3-5-13/h6-7H,3-5H2,1-2H3,(H,15,16). The first kappa shape index (κ1) is 12.2. The fourth-order valence-corrected chi connectivity index (χ4v) is 2.73. The van der Waals surface area contributed by atoms with Crippen LogP contribution in [-0.4, -0.2) is 18.2 Å². The fraction of sp³-hybridized carbons (Fsp3) is 0.462. The van der Waals surface area contributed by atoms with E-state index in [9.17, 15) is 9.90 Å². The van der Waals surface area contributed by atoms with Crippen LogP contribution in [0.25, 0.3) is 0 Å². The quantitative estimate of drug-likeness (QED) is 0.901. The highest BCUT2D eigenvalue weighted by Gasteiger charge is 2.47. The Hall–Kier alpha value is -1.22. The molecule has 0 unspecified atom stereocenters. The van der Waals surface area contributed by atoms with E-state index in [0.29, 0.717) is 29.2 Å². The average Bonchev–Trinajstić information content (AvgIpc) is 2.20. The van der Waals surface area contributed by atoms with Gasteiger partial charge in [0.1, 0.15) is 5.75 Å². The molecular weight excluding hydrogens is 240 g/mol. The molecule has 0 bridgehead atoms. The van der Waals surface area contributed by atoms with Gasteiger partial charge in [0.15, 0.2) is 0 Å². The molecule has 0 heterocycles. The van der Waals surface area contributed by atoms with Crippen LogP contribution < -0.4 is 4.74 Å². The van der Waals surface area contributed by atoms with E-state index in [1.165, 1.54) is 0 Å². The van der Waals surface area contributed by atoms with Gasteiger partial charge in [0, 0.05) is 0 Å². The first-order chi connectivity index (χ1) is 8.01. The summed E-state index contributed by atoms with van der Waals surface area (Å²) < 4.78 is 5.19. The van der Waals surface area contributed by atoms with Gasteiger partial charge in [-0.25, -0.2) is 0 Å². The zero-order valence-electron chi connectivity index (χ0n) is 9.92. The van der Waals surface area contributed by atoms with Crippen molar-refractivity contribution < 1.29 is 14.6 Å². The number of methoxy groups -OCH3 is 1. The maximum Gasteiger partial charge on any atom is 0.314 e. The summed E-state index contributed by atoms with van der Waals surface area (Å²) in [6.07, 6.45) is 2.22. The first-order valence-electron chi connectivity index (χ1n) is 5.59. The van der Waals surface area contributed by atoms with Crippen molar-refractivity contribution in [2.24, 2.45) is 0 Å². The van der Waals surface area contributed by atoms with E-state index in [1.807, 2.05) is 19.1 Å². The topological polar surface area (TPSA) is 46.5 Å². The number of benzene rings is 1. The van der Waals surface area contributed by atoms with Gasteiger partial charge in [-0.05, 0) is 37.0 Å². The molecule has 1 aromatic carbocycles. The van der Waals surface area contributed by atoms with Crippen molar-refractivity contribution in [2.75, 3.05) is 7.11 Å². The zero-order chi connectivity index (χ0) is 12.6. The molecule has 1 aliphatic carbocycles. The van der Waals surface area contributed by atoms with Crippen molar-refractivity contribution >= 4 is 17.6 Å². The lowest BCUT2D eigenvalue weighted by molar-refractivity contribution is -0.147. The molecule has 0 aliphatic heterocycles. The molecule has 2 rings (SSSR count). The molecule has 0 radical (unpaired) electrons. The molecule has 1 saturated carbocycles. The Labute approximate surface area is 105 Å². The van der Waals surface area contributed by atoms with Crippen LogP contribution in [0.1, 0.15) is 30.4 Å². The Morgan fingerprint density at radius 3 is 2.53 bits per heavy atom. The van der Waals surface area contributed by atoms with Gasteiger partial charge in [-0.15, -0.1) is 0 Å². The Morgan fingerprint density at radius 2 is 2.12 bits per heavy atom. The van der Waals surface area contributed by atoms with E-state index in [1.54, 1.807) is 7.11 Å². The van der Waals surface area contributed by atoms with E-state index in [4.69, 9.17) is 16.3 Å². The lowest BCUT2D eigenvalue weighted by Crippen LogP contribution is -2.42. The summed E-state index contributed by atoms with van der Waals surface area (Å²) in [5, 5.41) is 9.85. The second-order valence-electron chi connectivity index (χ2n) is 4.57. The van der Waals surface area contributed by atoms with Gasteiger partial charge in [-0.2, -0.15) is 0 Å². The molecule has 17 heavy (non-hydrogen) atoms. The maximum absolute atomic E-state index is 11.5. The summed E-state index contributed by atoms with van der Waals surface area (Å²) in [6.45, 7) is 1.91. The van der Waals surface area contributed by atoms with Gasteiger partial charge < -0.3 is 9.84 Å². The summed E-state index contributed by atoms with van der Waals surface area (Å²) in [7, 11) is 1.54. The predicted octanol–water partition coefficient (Wildman–Crippen LogP) is 3.16. The number of carbonyl (C=O) groups is 1. The zero-order valence-corrected chi connectivity index (χ0v) is 10.7. The van der Waals surface area contributed by atoms with Crippen molar-refractivity contribution in [3.8, 4) is 5.75 Å². The summed E-state index contributed by atoms with van der Waals surface area (Å²) in [5.74, 6) is -0.243. The van der Waals surface area contributed by atoms with E-state index < -0.39 is 11.4 Å². The number of carboxylic acid groups (broad SMARTS) is 1. The molecule has 1 aromatic rings. The molecule has 3 nitrogen and oxygen atoms in total. The van der Waals surface area contributed by atoms with Crippen LogP contribution >= 0.6 is 11.6 Å². The Kier molecular flexibility index (Phi) is 3.04. The predicted molar refractivity (Wildman–Crippen MR) is 65.9 cm³/mol. The van der Waals surface area contributed by atoms with Gasteiger partial charge in [-0.1, -0.05) is 24.1 Å². The van der Waals surface area contributed by atoms with E-state index in [-0.39, 0.29) is 0 Å². The van der Waals surface area contributed by atoms with Gasteiger partial charge in [-0.3, -0.25) is 4.79 Å². The summed E-state index contributed by atoms with van der Waals surface area (Å²) >= 11 is 6.23. The van der Waals surface area contributed by atoms with Crippen molar-refractivity contribution in [3.63, 3.8) is 0 Å². The largest absolute Gasteiger partial charge is 0.495 e. The number of aliphatic carboxylic acids is 1. The molecule has 1 aliphatic rings. The first-order valence-corrected chi connectivity index (χ1v) is 5.97. The molecule has 92 valence electrons. The third kappa shape index (κ3) is 1.78. The van der Waals surface area contributed by atoms with Crippen LogP contribution in [-0.2, 0) is 10.2 Å². The van der Waals surface area contributed by atoms with E-state index >= 15 is 0 Å². The average molecular weight is 255 g/mol. The molecule has 0 atom stereocenters. The third-order valence-corrected chi connectivity index (χ3v) is 3.93. The van der Waals surface area contributed by atoms with Gasteiger partial charge in [0.25, 0.3) is 0 Å². The number of hydrogen-bond donors (Lipinski definition) is 1. The molecule has 0 saturated heterocycles. The van der Waals surface area contributed by atoms with E-state index in [2.05, 4.69) is 0 Å². The van der Waals surface area contributed by atoms with Crippen LogP contribution in [0, 0.1) is 6.92 Å². The number of aryl methyl sites for hydroxylation is 1. The van der Waals surface area contributed by atoms with Crippen molar-refractivity contribution in [3.05, 3.63) is 28.3 Å². The highest BCUT2D eigenvalue weighted by molar-refractivity contribution is 6.33. The monoisotopic (exact) mass is 254 g/mol. The lowest BCUT2D eigenvalue weighted by atomic mass is 9.64. The van der Waals surface area contributed by atoms with E-state index in [0.717, 1.165) is 12.0 Å². The summed E-state index contributed by atoms with van der Waals surface area (Å²) in [5.41, 5.74) is 0.847. The van der Waals surface area contributed by atoms with Crippen molar-refractivity contribution in [2.45, 2.75) is 31.6 Å². The van der Waals surface area contributed by atoms with Crippen LogP contribution in [0.2, 0.25) is 5.02 Å². The normalized spacial score (nSPS) is 17.4. The summed E-state index contributed by atoms with van der Waals surface area (Å²) in [6, 6.07) is 3.68. The number of carboxylic acids is 1. The van der Waals surface area contributed by atoms with Crippen molar-refractivity contribution in [1.82, 2.24) is 0 Å². The third-order valence-electron chi connectivity index (χ3n) is 3.54. The van der Waals surface area contributed by atoms with Crippen LogP contribution in [0.5, 0.6) is 5.75 Å². The number of rotatable bonds is 3. The lowest BCUT2D eigenvalue weighted by Gasteiger charge is -2.39. The SMILES string of the molecule is COc1cc(C)cc(C2(C(=O)O)CCC2)c1Cl. The molecule has 1 fully saturated rings. The minimum Gasteiger partial charge on any atom is -0.495 e. The minimum absolute atomic E-state index is 0.431. The Bertz CT molecular complexity index is 464. The highest BCUT2D eigenvalue weighted by atomic mass is 35.5. The minimum atomic E-state index is -0.809. The number of halogens is 1. The second-order valence-corrected chi connectivity index (χ2v) is 4.95. The summed E-state index contributed by atoms with van der Waals surface area (Å²) in [4.78, 5) is 11.5. The second kappa shape index (κ2) is 4.22. The molecule has 0 aromatic heterocycles. The van der Waals surface area contributed by atoms with Gasteiger partial charge in [0.05, 0.1) is 17.5 Å². The molecule has 1 N–H and O–H groups in total. The smallest absolute Gasteiger partial charge is 0.314 e. The highest BCUT2D eigenvalue weighted by Crippen LogP contribution is 2.48. The molecular formula is C13H15ClO3. The Morgan fingerprint density at radius 1 is 1.47 bits per heavy atom. The van der Waals surface area contributed by atoms with Crippen LogP contribution in [0.15, 0.2) is 12.1 Å². The molecule has 0 amide bonds. The van der Waals surface area contributed by atoms with Crippen LogP contribution in [0.4, 0.5) is 0 Å². The van der Waals surface area contributed by atoms with Gasteiger partial charge in [0.2, 0.25) is 0 Å². The molecule has 4 heteroatoms. The Balaban J connectivity index is 2.58. The number of ether oxygens (including phenoxy) is 1. The fourth-order valence-electron chi connectivity index (χ4n) is 2.36. The van der Waals surface area contributed by atoms with Crippen LogP contribution in [0.3, 0.4) is 0 Å². The maximum atomic E-state index is 11.5.